The SMILES string of the molecule is CC(=O)C(=O)[C@H](O)[C@@H](O)C=O. The van der Waals surface area contributed by atoms with E-state index < -0.39 is 23.8 Å². The maximum Gasteiger partial charge on any atom is 0.229 e. The van der Waals surface area contributed by atoms with E-state index in [9.17, 15) is 14.4 Å². The molecule has 0 aromatic carbocycles. The molecule has 0 amide bonds. The molecule has 11 heavy (non-hydrogen) atoms. The van der Waals surface area contributed by atoms with E-state index in [0.29, 0.717) is 0 Å². The molecule has 5 heteroatoms. The highest BCUT2D eigenvalue weighted by molar-refractivity contribution is 6.38. The van der Waals surface area contributed by atoms with E-state index in [4.69, 9.17) is 10.2 Å². The van der Waals surface area contributed by atoms with Crippen molar-refractivity contribution in [1.82, 2.24) is 0 Å². The standard InChI is InChI=1S/C6H8O5/c1-3(8)5(10)6(11)4(9)2-7/h2,4,6,9,11H,1H3/t4-,6+/m0/s1. The van der Waals surface area contributed by atoms with Crippen molar-refractivity contribution in [1.29, 1.82) is 0 Å². The number of carbonyl (C=O) groups is 3. The van der Waals surface area contributed by atoms with E-state index in [1.54, 1.807) is 0 Å². The second-order valence-electron chi connectivity index (χ2n) is 1.99. The van der Waals surface area contributed by atoms with E-state index in [1.807, 2.05) is 0 Å². The molecule has 0 aliphatic heterocycles. The minimum atomic E-state index is -1.93. The average Bonchev–Trinajstić information content (AvgIpc) is 2.00. The lowest BCUT2D eigenvalue weighted by molar-refractivity contribution is -0.146. The molecule has 0 saturated carbocycles. The van der Waals surface area contributed by atoms with E-state index >= 15 is 0 Å². The van der Waals surface area contributed by atoms with E-state index in [-0.39, 0.29) is 6.29 Å². The number of ketones is 2. The van der Waals surface area contributed by atoms with Crippen molar-refractivity contribution in [3.8, 4) is 0 Å². The summed E-state index contributed by atoms with van der Waals surface area (Å²) in [4.78, 5) is 30.6. The molecule has 0 rings (SSSR count). The van der Waals surface area contributed by atoms with Gasteiger partial charge in [-0.15, -0.1) is 0 Å². The fraction of sp³-hybridized carbons (Fsp3) is 0.500. The zero-order valence-electron chi connectivity index (χ0n) is 5.85. The van der Waals surface area contributed by atoms with Crippen LogP contribution in [-0.4, -0.2) is 40.3 Å². The van der Waals surface area contributed by atoms with Crippen LogP contribution in [0, 0.1) is 0 Å². The molecule has 0 radical (unpaired) electrons. The smallest absolute Gasteiger partial charge is 0.229 e. The number of Topliss-reactive ketones (excluding diaryl/α,β-unsaturated/α-hetero) is 2. The molecule has 0 bridgehead atoms. The van der Waals surface area contributed by atoms with Gasteiger partial charge in [0.05, 0.1) is 0 Å². The third-order valence-corrected chi connectivity index (χ3v) is 1.08. The van der Waals surface area contributed by atoms with Crippen LogP contribution in [0.4, 0.5) is 0 Å². The monoisotopic (exact) mass is 160 g/mol. The number of aldehydes is 1. The second kappa shape index (κ2) is 3.95. The number of hydrogen-bond donors (Lipinski definition) is 2. The largest absolute Gasteiger partial charge is 0.382 e. The molecule has 0 unspecified atom stereocenters. The van der Waals surface area contributed by atoms with Crippen LogP contribution in [0.3, 0.4) is 0 Å². The summed E-state index contributed by atoms with van der Waals surface area (Å²) in [6.45, 7) is 0.947. The summed E-state index contributed by atoms with van der Waals surface area (Å²) < 4.78 is 0. The fourth-order valence-electron chi connectivity index (χ4n) is 0.438. The summed E-state index contributed by atoms with van der Waals surface area (Å²) >= 11 is 0. The van der Waals surface area contributed by atoms with Gasteiger partial charge in [0.15, 0.2) is 18.2 Å². The fourth-order valence-corrected chi connectivity index (χ4v) is 0.438. The topological polar surface area (TPSA) is 91.7 Å². The molecule has 5 nitrogen and oxygen atoms in total. The van der Waals surface area contributed by atoms with Crippen molar-refractivity contribution in [2.24, 2.45) is 0 Å². The Kier molecular flexibility index (Phi) is 3.56. The van der Waals surface area contributed by atoms with Gasteiger partial charge in [0.1, 0.15) is 6.10 Å². The first-order valence-corrected chi connectivity index (χ1v) is 2.87. The van der Waals surface area contributed by atoms with Gasteiger partial charge in [-0.3, -0.25) is 9.59 Å². The molecule has 62 valence electrons. The van der Waals surface area contributed by atoms with Gasteiger partial charge in [0.25, 0.3) is 0 Å². The molecule has 0 aliphatic rings. The molecular weight excluding hydrogens is 152 g/mol. The molecule has 0 aliphatic carbocycles. The third-order valence-electron chi connectivity index (χ3n) is 1.08. The Hall–Kier alpha value is -1.07. The van der Waals surface area contributed by atoms with Crippen molar-refractivity contribution >= 4 is 17.9 Å². The third kappa shape index (κ3) is 2.57. The number of carbonyl (C=O) groups excluding carboxylic acids is 3. The van der Waals surface area contributed by atoms with Crippen molar-refractivity contribution in [3.63, 3.8) is 0 Å². The Morgan fingerprint density at radius 3 is 2.09 bits per heavy atom. The normalized spacial score (nSPS) is 15.2. The number of rotatable bonds is 4. The van der Waals surface area contributed by atoms with Crippen LogP contribution in [0.5, 0.6) is 0 Å². The minimum Gasteiger partial charge on any atom is -0.382 e. The van der Waals surface area contributed by atoms with Crippen LogP contribution in [0.15, 0.2) is 0 Å². The van der Waals surface area contributed by atoms with Crippen molar-refractivity contribution < 1.29 is 24.6 Å². The lowest BCUT2D eigenvalue weighted by Gasteiger charge is -2.07. The van der Waals surface area contributed by atoms with Gasteiger partial charge in [0.2, 0.25) is 5.78 Å². The number of hydrogen-bond acceptors (Lipinski definition) is 5. The van der Waals surface area contributed by atoms with Crippen LogP contribution in [0.25, 0.3) is 0 Å². The van der Waals surface area contributed by atoms with Gasteiger partial charge in [0, 0.05) is 6.92 Å². The molecule has 0 fully saturated rings. The zero-order chi connectivity index (χ0) is 9.02. The summed E-state index contributed by atoms with van der Waals surface area (Å²) in [6.07, 6.45) is -3.75. The van der Waals surface area contributed by atoms with E-state index in [2.05, 4.69) is 0 Å². The molecule has 0 spiro atoms. The van der Waals surface area contributed by atoms with Gasteiger partial charge >= 0.3 is 0 Å². The predicted molar refractivity (Wildman–Crippen MR) is 33.8 cm³/mol. The Morgan fingerprint density at radius 2 is 1.82 bits per heavy atom. The van der Waals surface area contributed by atoms with Crippen molar-refractivity contribution in [2.45, 2.75) is 19.1 Å². The molecule has 0 aromatic heterocycles. The van der Waals surface area contributed by atoms with Crippen LogP contribution in [-0.2, 0) is 14.4 Å². The highest BCUT2D eigenvalue weighted by Crippen LogP contribution is 1.92. The Balaban J connectivity index is 4.24. The minimum absolute atomic E-state index is 0.00843. The predicted octanol–water partition coefficient (Wildman–Crippen LogP) is -1.93. The summed E-state index contributed by atoms with van der Waals surface area (Å²) in [5.74, 6) is -2.05. The first-order chi connectivity index (χ1) is 5.00. The number of aliphatic hydroxyl groups is 2. The molecule has 2 N–H and O–H groups in total. The average molecular weight is 160 g/mol. The lowest BCUT2D eigenvalue weighted by Crippen LogP contribution is -2.38. The van der Waals surface area contributed by atoms with Crippen LogP contribution >= 0.6 is 0 Å². The lowest BCUT2D eigenvalue weighted by atomic mass is 10.1. The first kappa shape index (κ1) is 9.93. The van der Waals surface area contributed by atoms with Gasteiger partial charge < -0.3 is 15.0 Å². The highest BCUT2D eigenvalue weighted by atomic mass is 16.3. The van der Waals surface area contributed by atoms with Crippen molar-refractivity contribution in [3.05, 3.63) is 0 Å². The van der Waals surface area contributed by atoms with Gasteiger partial charge in [-0.25, -0.2) is 0 Å². The first-order valence-electron chi connectivity index (χ1n) is 2.87. The molecule has 0 heterocycles. The molecule has 0 saturated heterocycles. The Bertz CT molecular complexity index is 185. The van der Waals surface area contributed by atoms with Crippen LogP contribution < -0.4 is 0 Å². The molecular formula is C6H8O5. The Labute approximate surface area is 62.6 Å². The summed E-state index contributed by atoms with van der Waals surface area (Å²) in [6, 6.07) is 0. The van der Waals surface area contributed by atoms with E-state index in [1.165, 1.54) is 0 Å². The van der Waals surface area contributed by atoms with Crippen molar-refractivity contribution in [2.75, 3.05) is 0 Å². The van der Waals surface area contributed by atoms with E-state index in [0.717, 1.165) is 6.92 Å². The molecule has 2 atom stereocenters. The second-order valence-corrected chi connectivity index (χ2v) is 1.99. The van der Waals surface area contributed by atoms with Crippen LogP contribution in [0.2, 0.25) is 0 Å². The van der Waals surface area contributed by atoms with Crippen LogP contribution in [0.1, 0.15) is 6.92 Å². The number of aliphatic hydroxyl groups excluding tert-OH is 2. The summed E-state index contributed by atoms with van der Waals surface area (Å²) in [7, 11) is 0. The maximum absolute atomic E-state index is 10.5. The Morgan fingerprint density at radius 1 is 1.36 bits per heavy atom. The molecule has 0 aromatic rings. The quantitative estimate of drug-likeness (QED) is 0.369. The summed E-state index contributed by atoms with van der Waals surface area (Å²) in [5, 5.41) is 17.3. The maximum atomic E-state index is 10.5. The highest BCUT2D eigenvalue weighted by Gasteiger charge is 2.26. The zero-order valence-corrected chi connectivity index (χ0v) is 5.85. The van der Waals surface area contributed by atoms with Gasteiger partial charge in [-0.05, 0) is 0 Å². The summed E-state index contributed by atoms with van der Waals surface area (Å²) in [5.41, 5.74) is 0. The van der Waals surface area contributed by atoms with Gasteiger partial charge in [-0.2, -0.15) is 0 Å². The van der Waals surface area contributed by atoms with Gasteiger partial charge in [-0.1, -0.05) is 0 Å².